The van der Waals surface area contributed by atoms with Gasteiger partial charge < -0.3 is 10.1 Å². The third-order valence-electron chi connectivity index (χ3n) is 4.26. The van der Waals surface area contributed by atoms with Crippen LogP contribution < -0.4 is 10.1 Å². The number of ether oxygens (including phenoxy) is 1. The van der Waals surface area contributed by atoms with Crippen LogP contribution in [0.5, 0.6) is 5.75 Å². The fourth-order valence-electron chi connectivity index (χ4n) is 3.29. The Bertz CT molecular complexity index is 619. The van der Waals surface area contributed by atoms with Crippen molar-refractivity contribution in [2.45, 2.75) is 44.0 Å². The molecule has 2 bridgehead atoms. The van der Waals surface area contributed by atoms with Gasteiger partial charge in [0.05, 0.1) is 6.04 Å². The van der Waals surface area contributed by atoms with Crippen LogP contribution in [0.1, 0.15) is 37.8 Å². The second kappa shape index (κ2) is 3.79. The summed E-state index contributed by atoms with van der Waals surface area (Å²) in [4.78, 5) is 14.0. The van der Waals surface area contributed by atoms with Crippen LogP contribution in [0.4, 0.5) is 9.18 Å². The zero-order valence-electron chi connectivity index (χ0n) is 11.0. The topological polar surface area (TPSA) is 41.6 Å². The van der Waals surface area contributed by atoms with E-state index in [1.54, 1.807) is 11.0 Å². The Morgan fingerprint density at radius 2 is 2.25 bits per heavy atom. The van der Waals surface area contributed by atoms with E-state index in [4.69, 9.17) is 16.3 Å². The molecule has 3 aliphatic rings. The smallest absolute Gasteiger partial charge is 0.321 e. The first-order valence-electron chi connectivity index (χ1n) is 6.76. The number of carbonyl (C=O) groups is 1. The van der Waals surface area contributed by atoms with Crippen LogP contribution in [0.2, 0.25) is 5.02 Å². The third-order valence-corrected chi connectivity index (χ3v) is 4.47. The maximum absolute atomic E-state index is 14.1. The predicted octanol–water partition coefficient (Wildman–Crippen LogP) is 3.21. The average molecular weight is 297 g/mol. The maximum atomic E-state index is 14.1. The molecule has 2 amide bonds. The molecule has 20 heavy (non-hydrogen) atoms. The molecule has 6 heteroatoms. The fourth-order valence-corrected chi connectivity index (χ4v) is 3.50. The normalized spacial score (nSPS) is 31.4. The van der Waals surface area contributed by atoms with E-state index >= 15 is 0 Å². The van der Waals surface area contributed by atoms with Crippen molar-refractivity contribution in [3.8, 4) is 5.75 Å². The summed E-state index contributed by atoms with van der Waals surface area (Å²) in [5.41, 5.74) is -0.160. The maximum Gasteiger partial charge on any atom is 0.321 e. The van der Waals surface area contributed by atoms with Gasteiger partial charge in [0, 0.05) is 23.0 Å². The lowest BCUT2D eigenvalue weighted by molar-refractivity contribution is -0.0900. The van der Waals surface area contributed by atoms with Crippen molar-refractivity contribution in [3.63, 3.8) is 0 Å². The van der Waals surface area contributed by atoms with Gasteiger partial charge in [-0.3, -0.25) is 4.90 Å². The zero-order chi connectivity index (χ0) is 14.1. The molecule has 1 N–H and O–H groups in total. The molecule has 2 heterocycles. The largest absolute Gasteiger partial charge is 0.465 e. The van der Waals surface area contributed by atoms with Crippen LogP contribution in [0.15, 0.2) is 12.1 Å². The number of urea groups is 1. The summed E-state index contributed by atoms with van der Waals surface area (Å²) in [6.07, 6.45) is 2.56. The van der Waals surface area contributed by atoms with Gasteiger partial charge in [0.25, 0.3) is 0 Å². The lowest BCUT2D eigenvalue weighted by atomic mass is 9.90. The number of fused-ring (bicyclic) bond motifs is 4. The molecule has 1 aromatic carbocycles. The summed E-state index contributed by atoms with van der Waals surface area (Å²) >= 11 is 5.90. The summed E-state index contributed by atoms with van der Waals surface area (Å²) in [5, 5.41) is 3.25. The van der Waals surface area contributed by atoms with Gasteiger partial charge in [0.1, 0.15) is 0 Å². The van der Waals surface area contributed by atoms with Crippen molar-refractivity contribution in [3.05, 3.63) is 28.5 Å². The molecule has 1 aromatic rings. The lowest BCUT2D eigenvalue weighted by Gasteiger charge is -2.51. The van der Waals surface area contributed by atoms with Gasteiger partial charge in [-0.25, -0.2) is 9.18 Å². The van der Waals surface area contributed by atoms with Crippen LogP contribution in [0, 0.1) is 5.82 Å². The minimum atomic E-state index is -0.782. The minimum Gasteiger partial charge on any atom is -0.465 e. The molecular formula is C14H14ClFN2O2. The Balaban J connectivity index is 1.83. The number of amides is 2. The molecule has 0 spiro atoms. The van der Waals surface area contributed by atoms with Crippen molar-refractivity contribution in [2.75, 3.05) is 0 Å². The third kappa shape index (κ3) is 1.62. The molecule has 0 radical (unpaired) electrons. The van der Waals surface area contributed by atoms with E-state index in [0.29, 0.717) is 17.0 Å². The van der Waals surface area contributed by atoms with Crippen LogP contribution in [0.25, 0.3) is 0 Å². The molecule has 106 valence electrons. The van der Waals surface area contributed by atoms with Crippen LogP contribution in [-0.4, -0.2) is 22.7 Å². The second-order valence-corrected chi connectivity index (χ2v) is 6.33. The molecule has 2 fully saturated rings. The Kier molecular flexibility index (Phi) is 2.32. The number of rotatable bonds is 1. The Morgan fingerprint density at radius 3 is 2.95 bits per heavy atom. The number of carbonyl (C=O) groups excluding carboxylic acids is 1. The SMILES string of the molecule is CC12CC(NC(=O)N1C1CC1)c1cc(Cl)cc(F)c1O2. The summed E-state index contributed by atoms with van der Waals surface area (Å²) in [6.45, 7) is 1.86. The lowest BCUT2D eigenvalue weighted by Crippen LogP contribution is -2.65. The molecule has 4 rings (SSSR count). The minimum absolute atomic E-state index is 0.141. The molecule has 2 unspecified atom stereocenters. The predicted molar refractivity (Wildman–Crippen MR) is 71.2 cm³/mol. The first-order chi connectivity index (χ1) is 9.48. The number of nitrogens with zero attached hydrogens (tertiary/aromatic N) is 1. The standard InChI is InChI=1S/C14H14ClFN2O2/c1-14-6-11(17-13(19)18(14)8-2-3-8)9-4-7(15)5-10(16)12(9)20-14/h4-5,8,11H,2-3,6H2,1H3,(H,17,19). The van der Waals surface area contributed by atoms with Crippen LogP contribution >= 0.6 is 11.6 Å². The van der Waals surface area contributed by atoms with E-state index in [-0.39, 0.29) is 23.9 Å². The highest BCUT2D eigenvalue weighted by Gasteiger charge is 2.54. The molecule has 2 aliphatic heterocycles. The highest BCUT2D eigenvalue weighted by molar-refractivity contribution is 6.30. The Morgan fingerprint density at radius 1 is 1.50 bits per heavy atom. The zero-order valence-corrected chi connectivity index (χ0v) is 11.7. The van der Waals surface area contributed by atoms with Gasteiger partial charge >= 0.3 is 6.03 Å². The quantitative estimate of drug-likeness (QED) is 0.864. The molecular weight excluding hydrogens is 283 g/mol. The van der Waals surface area contributed by atoms with Crippen molar-refractivity contribution < 1.29 is 13.9 Å². The van der Waals surface area contributed by atoms with Crippen molar-refractivity contribution in [2.24, 2.45) is 0 Å². The van der Waals surface area contributed by atoms with Crippen LogP contribution in [0.3, 0.4) is 0 Å². The van der Waals surface area contributed by atoms with Gasteiger partial charge in [-0.2, -0.15) is 0 Å². The van der Waals surface area contributed by atoms with Gasteiger partial charge in [-0.05, 0) is 31.9 Å². The molecule has 0 aromatic heterocycles. The van der Waals surface area contributed by atoms with Gasteiger partial charge in [0.15, 0.2) is 17.3 Å². The number of halogens is 2. The summed E-state index contributed by atoms with van der Waals surface area (Å²) in [5.74, 6) is -0.269. The number of benzene rings is 1. The van der Waals surface area contributed by atoms with Crippen molar-refractivity contribution in [1.29, 1.82) is 0 Å². The van der Waals surface area contributed by atoms with E-state index in [9.17, 15) is 9.18 Å². The summed E-state index contributed by atoms with van der Waals surface area (Å²) in [6, 6.07) is 2.72. The average Bonchev–Trinajstić information content (AvgIpc) is 3.14. The molecule has 1 saturated heterocycles. The highest BCUT2D eigenvalue weighted by atomic mass is 35.5. The molecule has 4 nitrogen and oxygen atoms in total. The first kappa shape index (κ1) is 12.3. The van der Waals surface area contributed by atoms with Crippen molar-refractivity contribution in [1.82, 2.24) is 10.2 Å². The Hall–Kier alpha value is -1.49. The fraction of sp³-hybridized carbons (Fsp3) is 0.500. The summed E-state index contributed by atoms with van der Waals surface area (Å²) in [7, 11) is 0. The van der Waals surface area contributed by atoms with E-state index in [0.717, 1.165) is 12.8 Å². The van der Waals surface area contributed by atoms with Gasteiger partial charge in [-0.15, -0.1) is 0 Å². The highest BCUT2D eigenvalue weighted by Crippen LogP contribution is 2.48. The number of hydrogen-bond donors (Lipinski definition) is 1. The summed E-state index contributed by atoms with van der Waals surface area (Å²) < 4.78 is 20.0. The number of hydrogen-bond acceptors (Lipinski definition) is 2. The van der Waals surface area contributed by atoms with Gasteiger partial charge in [-0.1, -0.05) is 11.6 Å². The monoisotopic (exact) mass is 296 g/mol. The van der Waals surface area contributed by atoms with E-state index in [1.165, 1.54) is 6.07 Å². The first-order valence-corrected chi connectivity index (χ1v) is 7.13. The van der Waals surface area contributed by atoms with Crippen LogP contribution in [-0.2, 0) is 0 Å². The molecule has 2 atom stereocenters. The second-order valence-electron chi connectivity index (χ2n) is 5.89. The van der Waals surface area contributed by atoms with E-state index in [1.807, 2.05) is 6.92 Å². The molecule has 1 aliphatic carbocycles. The molecule has 1 saturated carbocycles. The van der Waals surface area contributed by atoms with E-state index in [2.05, 4.69) is 5.32 Å². The van der Waals surface area contributed by atoms with Gasteiger partial charge in [0.2, 0.25) is 0 Å². The Labute approximate surface area is 120 Å². The van der Waals surface area contributed by atoms with Crippen molar-refractivity contribution >= 4 is 17.6 Å². The van der Waals surface area contributed by atoms with E-state index < -0.39 is 11.5 Å². The number of nitrogens with one attached hydrogen (secondary N) is 1.